The molecule has 2 heterocycles. The molecule has 0 aromatic heterocycles. The normalized spacial score (nSPS) is 10.6. The summed E-state index contributed by atoms with van der Waals surface area (Å²) in [5.74, 6) is -0.145. The highest BCUT2D eigenvalue weighted by Gasteiger charge is 2.11. The van der Waals surface area contributed by atoms with Crippen LogP contribution in [0.15, 0.2) is 12.3 Å². The largest absolute Gasteiger partial charge is 0.492 e. The maximum Gasteiger partial charge on any atom is 0.242 e. The minimum atomic E-state index is -0.145. The van der Waals surface area contributed by atoms with Gasteiger partial charge in [0.1, 0.15) is 5.69 Å². The second kappa shape index (κ2) is 2.10. The SMILES string of the molecule is Oc1nc(Cl)[nH]c2ccnc1-2. The summed E-state index contributed by atoms with van der Waals surface area (Å²) in [4.78, 5) is 10.2. The van der Waals surface area contributed by atoms with Crippen LogP contribution in [0.25, 0.3) is 11.4 Å². The maximum atomic E-state index is 9.16. The molecule has 4 nitrogen and oxygen atoms in total. The number of H-pyrrole nitrogens is 1. The van der Waals surface area contributed by atoms with Gasteiger partial charge in [0.05, 0.1) is 5.69 Å². The number of fused-ring (bicyclic) bond motifs is 1. The Morgan fingerprint density at radius 3 is 3.18 bits per heavy atom. The quantitative estimate of drug-likeness (QED) is 0.584. The van der Waals surface area contributed by atoms with Crippen molar-refractivity contribution >= 4 is 11.6 Å². The fraction of sp³-hybridized carbons (Fsp3) is 0. The van der Waals surface area contributed by atoms with Gasteiger partial charge in [-0.3, -0.25) is 0 Å². The first-order chi connectivity index (χ1) is 5.27. The summed E-state index contributed by atoms with van der Waals surface area (Å²) in [5.41, 5.74) is 1.12. The number of hydrogen-bond acceptors (Lipinski definition) is 3. The van der Waals surface area contributed by atoms with Crippen molar-refractivity contribution in [1.82, 2.24) is 15.0 Å². The zero-order valence-corrected chi connectivity index (χ0v) is 6.13. The average Bonchev–Trinajstić information content (AvgIpc) is 2.34. The smallest absolute Gasteiger partial charge is 0.242 e. The predicted octanol–water partition coefficient (Wildman–Crippen LogP) is 1.27. The van der Waals surface area contributed by atoms with Gasteiger partial charge in [-0.1, -0.05) is 0 Å². The Morgan fingerprint density at radius 1 is 1.55 bits per heavy atom. The Balaban J connectivity index is 2.79. The molecule has 2 rings (SSSR count). The van der Waals surface area contributed by atoms with Gasteiger partial charge in [-0.05, 0) is 17.7 Å². The highest BCUT2D eigenvalue weighted by molar-refractivity contribution is 6.28. The van der Waals surface area contributed by atoms with E-state index in [2.05, 4.69) is 15.0 Å². The Morgan fingerprint density at radius 2 is 2.36 bits per heavy atom. The van der Waals surface area contributed by atoms with Gasteiger partial charge >= 0.3 is 0 Å². The van der Waals surface area contributed by atoms with E-state index in [1.807, 2.05) is 0 Å². The van der Waals surface area contributed by atoms with Gasteiger partial charge in [-0.2, -0.15) is 4.98 Å². The van der Waals surface area contributed by atoms with Gasteiger partial charge in [0.2, 0.25) is 11.2 Å². The van der Waals surface area contributed by atoms with Crippen LogP contribution in [0.3, 0.4) is 0 Å². The monoisotopic (exact) mass is 169 g/mol. The number of nitrogens with one attached hydrogen (secondary N) is 1. The summed E-state index contributed by atoms with van der Waals surface area (Å²) in [5, 5.41) is 9.32. The first-order valence-electron chi connectivity index (χ1n) is 2.96. The standard InChI is InChI=1S/C6H4ClN3O/c7-6-9-3-1-2-8-4(3)5(11)10-6/h1-2,11H,(H,9,10). The molecular weight excluding hydrogens is 166 g/mol. The Labute approximate surface area is 67.2 Å². The molecule has 0 atom stereocenters. The molecule has 0 aliphatic carbocycles. The van der Waals surface area contributed by atoms with Gasteiger partial charge in [-0.25, -0.2) is 4.98 Å². The van der Waals surface area contributed by atoms with E-state index in [9.17, 15) is 0 Å². The number of halogens is 1. The fourth-order valence-corrected chi connectivity index (χ4v) is 1.08. The summed E-state index contributed by atoms with van der Waals surface area (Å²) < 4.78 is 0. The summed E-state index contributed by atoms with van der Waals surface area (Å²) in [6, 6.07) is 1.71. The lowest BCUT2D eigenvalue weighted by atomic mass is 10.3. The minimum Gasteiger partial charge on any atom is -0.492 e. The van der Waals surface area contributed by atoms with Crippen LogP contribution in [-0.2, 0) is 0 Å². The van der Waals surface area contributed by atoms with Crippen molar-refractivity contribution in [3.05, 3.63) is 17.5 Å². The Hall–Kier alpha value is -1.29. The molecule has 11 heavy (non-hydrogen) atoms. The number of aromatic nitrogens is 3. The number of aromatic amines is 1. The molecule has 0 aromatic carbocycles. The average molecular weight is 170 g/mol. The van der Waals surface area contributed by atoms with Gasteiger partial charge in [0.25, 0.3) is 0 Å². The summed E-state index contributed by atoms with van der Waals surface area (Å²) in [6.45, 7) is 0. The highest BCUT2D eigenvalue weighted by atomic mass is 35.5. The molecule has 0 amide bonds. The van der Waals surface area contributed by atoms with Gasteiger partial charge in [0.15, 0.2) is 0 Å². The number of hydrogen-bond donors (Lipinski definition) is 2. The van der Waals surface area contributed by atoms with Crippen molar-refractivity contribution in [2.24, 2.45) is 0 Å². The van der Waals surface area contributed by atoms with Crippen LogP contribution in [0.5, 0.6) is 5.88 Å². The number of rotatable bonds is 0. The molecule has 0 unspecified atom stereocenters. The topological polar surface area (TPSA) is 61.8 Å². The number of nitrogens with zero attached hydrogens (tertiary/aromatic N) is 2. The summed E-state index contributed by atoms with van der Waals surface area (Å²) >= 11 is 5.53. The van der Waals surface area contributed by atoms with E-state index in [-0.39, 0.29) is 11.2 Å². The van der Waals surface area contributed by atoms with Crippen LogP contribution in [0.2, 0.25) is 5.28 Å². The zero-order chi connectivity index (χ0) is 7.84. The summed E-state index contributed by atoms with van der Waals surface area (Å²) in [6.07, 6.45) is 1.57. The molecule has 2 aliphatic heterocycles. The zero-order valence-electron chi connectivity index (χ0n) is 5.37. The third-order valence-corrected chi connectivity index (χ3v) is 1.53. The third-order valence-electron chi connectivity index (χ3n) is 1.35. The van der Waals surface area contributed by atoms with Crippen LogP contribution >= 0.6 is 11.6 Å². The van der Waals surface area contributed by atoms with E-state index < -0.39 is 0 Å². The molecule has 5 heteroatoms. The molecule has 0 bridgehead atoms. The Bertz CT molecular complexity index is 359. The van der Waals surface area contributed by atoms with E-state index in [0.717, 1.165) is 0 Å². The van der Waals surface area contributed by atoms with Crippen LogP contribution in [0.4, 0.5) is 0 Å². The Kier molecular flexibility index (Phi) is 1.22. The van der Waals surface area contributed by atoms with Gasteiger partial charge < -0.3 is 10.1 Å². The van der Waals surface area contributed by atoms with Crippen LogP contribution in [0.1, 0.15) is 0 Å². The van der Waals surface area contributed by atoms with Gasteiger partial charge in [-0.15, -0.1) is 0 Å². The number of aromatic hydroxyl groups is 1. The lowest BCUT2D eigenvalue weighted by Gasteiger charge is -1.99. The van der Waals surface area contributed by atoms with Gasteiger partial charge in [0, 0.05) is 6.20 Å². The van der Waals surface area contributed by atoms with Crippen molar-refractivity contribution in [3.63, 3.8) is 0 Å². The van der Waals surface area contributed by atoms with Crippen molar-refractivity contribution in [2.75, 3.05) is 0 Å². The molecule has 0 fully saturated rings. The third kappa shape index (κ3) is 0.914. The van der Waals surface area contributed by atoms with E-state index >= 15 is 0 Å². The molecule has 0 spiro atoms. The second-order valence-corrected chi connectivity index (χ2v) is 2.42. The molecule has 2 N–H and O–H groups in total. The molecule has 0 radical (unpaired) electrons. The predicted molar refractivity (Wildman–Crippen MR) is 39.7 cm³/mol. The van der Waals surface area contributed by atoms with Crippen molar-refractivity contribution in [3.8, 4) is 17.3 Å². The molecule has 2 aliphatic rings. The second-order valence-electron chi connectivity index (χ2n) is 2.06. The molecule has 56 valence electrons. The first kappa shape index (κ1) is 6.42. The minimum absolute atomic E-state index is 0.145. The fourth-order valence-electron chi connectivity index (χ4n) is 0.899. The molecular formula is C6H4ClN3O. The van der Waals surface area contributed by atoms with Crippen LogP contribution in [-0.4, -0.2) is 20.1 Å². The van der Waals surface area contributed by atoms with E-state index in [1.54, 1.807) is 12.3 Å². The van der Waals surface area contributed by atoms with Crippen molar-refractivity contribution in [2.45, 2.75) is 0 Å². The van der Waals surface area contributed by atoms with Crippen molar-refractivity contribution in [1.29, 1.82) is 0 Å². The maximum absolute atomic E-state index is 9.16. The first-order valence-corrected chi connectivity index (χ1v) is 3.34. The van der Waals surface area contributed by atoms with Crippen molar-refractivity contribution < 1.29 is 5.11 Å². The van der Waals surface area contributed by atoms with E-state index in [0.29, 0.717) is 11.4 Å². The summed E-state index contributed by atoms with van der Waals surface area (Å²) in [7, 11) is 0. The van der Waals surface area contributed by atoms with Crippen LogP contribution in [0, 0.1) is 0 Å². The van der Waals surface area contributed by atoms with Crippen LogP contribution < -0.4 is 0 Å². The van der Waals surface area contributed by atoms with E-state index in [1.165, 1.54) is 0 Å². The highest BCUT2D eigenvalue weighted by Crippen LogP contribution is 2.26. The molecule has 0 saturated heterocycles. The molecule has 0 aromatic rings. The lowest BCUT2D eigenvalue weighted by Crippen LogP contribution is -1.88. The molecule has 0 saturated carbocycles. The lowest BCUT2D eigenvalue weighted by molar-refractivity contribution is 0.452. The van der Waals surface area contributed by atoms with E-state index in [4.69, 9.17) is 16.7 Å².